The van der Waals surface area contributed by atoms with Gasteiger partial charge in [0, 0.05) is 21.7 Å². The van der Waals surface area contributed by atoms with Gasteiger partial charge in [-0.1, -0.05) is 23.7 Å². The van der Waals surface area contributed by atoms with Crippen molar-refractivity contribution in [3.05, 3.63) is 94.1 Å². The third kappa shape index (κ3) is 5.56. The fraction of sp³-hybridized carbons (Fsp3) is 0.154. The molecule has 0 fully saturated rings. The van der Waals surface area contributed by atoms with Gasteiger partial charge >= 0.3 is 5.97 Å². The summed E-state index contributed by atoms with van der Waals surface area (Å²) < 4.78 is 12.4. The standard InChI is InChI=1S/C26H23ClN2O7/c1-16-22(14-25(30)36-21-5-3-4-17(12-21)15-35-29(32)33)23-13-20(34-2)10-11-24(23)28(16)26(31)18-6-8-19(27)9-7-18/h3-13,32-33H,14-15H2,1-2H3. The summed E-state index contributed by atoms with van der Waals surface area (Å²) in [5.74, 6) is 0.0545. The highest BCUT2D eigenvalue weighted by atomic mass is 35.5. The summed E-state index contributed by atoms with van der Waals surface area (Å²) in [6, 6.07) is 18.4. The molecule has 0 aliphatic heterocycles. The van der Waals surface area contributed by atoms with Crippen LogP contribution in [0, 0.1) is 6.92 Å². The number of ether oxygens (including phenoxy) is 2. The minimum atomic E-state index is -0.539. The molecule has 0 atom stereocenters. The normalized spacial score (nSPS) is 11.2. The maximum Gasteiger partial charge on any atom is 0.315 e. The molecule has 0 saturated carbocycles. The number of hydrogen-bond acceptors (Lipinski definition) is 8. The van der Waals surface area contributed by atoms with Crippen molar-refractivity contribution in [3.8, 4) is 11.5 Å². The Labute approximate surface area is 211 Å². The van der Waals surface area contributed by atoms with E-state index in [-0.39, 0.29) is 24.7 Å². The number of esters is 1. The third-order valence-corrected chi connectivity index (χ3v) is 5.89. The summed E-state index contributed by atoms with van der Waals surface area (Å²) in [6.07, 6.45) is -0.0990. The van der Waals surface area contributed by atoms with Crippen LogP contribution in [-0.2, 0) is 22.7 Å². The molecule has 0 unspecified atom stereocenters. The van der Waals surface area contributed by atoms with Gasteiger partial charge in [0.25, 0.3) is 5.91 Å². The van der Waals surface area contributed by atoms with E-state index in [1.807, 2.05) is 0 Å². The van der Waals surface area contributed by atoms with E-state index in [1.54, 1.807) is 85.3 Å². The van der Waals surface area contributed by atoms with Gasteiger partial charge in [0.15, 0.2) is 0 Å². The van der Waals surface area contributed by atoms with Crippen LogP contribution in [0.25, 0.3) is 10.9 Å². The van der Waals surface area contributed by atoms with Gasteiger partial charge in [-0.2, -0.15) is 0 Å². The summed E-state index contributed by atoms with van der Waals surface area (Å²) in [4.78, 5) is 30.9. The molecular weight excluding hydrogens is 488 g/mol. The number of carbonyl (C=O) groups is 2. The van der Waals surface area contributed by atoms with E-state index >= 15 is 0 Å². The highest BCUT2D eigenvalue weighted by Crippen LogP contribution is 2.31. The molecule has 0 aliphatic rings. The molecule has 0 spiro atoms. The van der Waals surface area contributed by atoms with Gasteiger partial charge in [-0.3, -0.25) is 24.6 Å². The van der Waals surface area contributed by atoms with E-state index in [9.17, 15) is 9.59 Å². The maximum absolute atomic E-state index is 13.4. The number of hydrogen-bond donors (Lipinski definition) is 2. The van der Waals surface area contributed by atoms with Crippen LogP contribution in [0.2, 0.25) is 5.02 Å². The number of aromatic nitrogens is 1. The van der Waals surface area contributed by atoms with Gasteiger partial charge in [0.1, 0.15) is 11.5 Å². The fourth-order valence-corrected chi connectivity index (χ4v) is 4.06. The van der Waals surface area contributed by atoms with E-state index in [0.29, 0.717) is 44.1 Å². The maximum atomic E-state index is 13.4. The number of fused-ring (bicyclic) bond motifs is 1. The highest BCUT2D eigenvalue weighted by molar-refractivity contribution is 6.30. The predicted molar refractivity (Wildman–Crippen MR) is 130 cm³/mol. The van der Waals surface area contributed by atoms with Crippen LogP contribution in [0.3, 0.4) is 0 Å². The Morgan fingerprint density at radius 3 is 2.44 bits per heavy atom. The minimum absolute atomic E-state index is 0.0990. The Bertz CT molecular complexity index is 1410. The van der Waals surface area contributed by atoms with Crippen LogP contribution in [0.1, 0.15) is 27.2 Å². The summed E-state index contributed by atoms with van der Waals surface area (Å²) in [5.41, 5.74) is 2.87. The molecule has 9 nitrogen and oxygen atoms in total. The average molecular weight is 511 g/mol. The Kier molecular flexibility index (Phi) is 7.68. The van der Waals surface area contributed by atoms with Gasteiger partial charge in [0.05, 0.1) is 31.0 Å². The first-order chi connectivity index (χ1) is 17.3. The Morgan fingerprint density at radius 1 is 1.00 bits per heavy atom. The lowest BCUT2D eigenvalue weighted by molar-refractivity contribution is -0.497. The molecular formula is C26H23ClN2O7. The molecule has 1 heterocycles. The lowest BCUT2D eigenvalue weighted by Crippen LogP contribution is -2.15. The number of nitrogens with zero attached hydrogens (tertiary/aromatic N) is 2. The zero-order valence-electron chi connectivity index (χ0n) is 19.5. The van der Waals surface area contributed by atoms with Crippen LogP contribution in [0.15, 0.2) is 66.7 Å². The third-order valence-electron chi connectivity index (χ3n) is 5.63. The van der Waals surface area contributed by atoms with Crippen molar-refractivity contribution in [2.75, 3.05) is 7.11 Å². The molecule has 4 rings (SSSR count). The number of methoxy groups -OCH3 is 1. The molecule has 4 aromatic rings. The zero-order valence-corrected chi connectivity index (χ0v) is 20.2. The number of rotatable bonds is 8. The van der Waals surface area contributed by atoms with E-state index in [2.05, 4.69) is 4.84 Å². The van der Waals surface area contributed by atoms with Gasteiger partial charge in [0.2, 0.25) is 0 Å². The topological polar surface area (TPSA) is 110 Å². The smallest absolute Gasteiger partial charge is 0.315 e. The van der Waals surface area contributed by atoms with Gasteiger partial charge in [-0.15, -0.1) is 0 Å². The van der Waals surface area contributed by atoms with E-state index in [0.717, 1.165) is 0 Å². The van der Waals surface area contributed by atoms with Crippen LogP contribution in [0.4, 0.5) is 0 Å². The molecule has 0 radical (unpaired) electrons. The molecule has 0 bridgehead atoms. The van der Waals surface area contributed by atoms with Crippen molar-refractivity contribution < 1.29 is 34.3 Å². The predicted octanol–water partition coefficient (Wildman–Crippen LogP) is 4.96. The largest absolute Gasteiger partial charge is 0.497 e. The minimum Gasteiger partial charge on any atom is -0.497 e. The quantitative estimate of drug-likeness (QED) is 0.194. The van der Waals surface area contributed by atoms with Crippen LogP contribution < -0.4 is 9.47 Å². The molecule has 3 aromatic carbocycles. The molecule has 186 valence electrons. The molecule has 10 heteroatoms. The lowest BCUT2D eigenvalue weighted by Gasteiger charge is -2.09. The summed E-state index contributed by atoms with van der Waals surface area (Å²) in [5, 5.41) is 18.2. The van der Waals surface area contributed by atoms with Crippen molar-refractivity contribution in [1.82, 2.24) is 9.96 Å². The zero-order chi connectivity index (χ0) is 25.8. The van der Waals surface area contributed by atoms with Crippen molar-refractivity contribution in [1.29, 1.82) is 0 Å². The number of carbonyl (C=O) groups excluding carboxylic acids is 2. The Hall–Kier alpha value is -3.73. The van der Waals surface area contributed by atoms with Crippen LogP contribution in [-0.4, -0.2) is 39.4 Å². The summed E-state index contributed by atoms with van der Waals surface area (Å²) in [6.45, 7) is 1.63. The molecule has 0 aliphatic carbocycles. The first-order valence-electron chi connectivity index (χ1n) is 10.9. The van der Waals surface area contributed by atoms with Gasteiger partial charge in [-0.05, 0) is 72.6 Å². The Morgan fingerprint density at radius 2 is 1.75 bits per heavy atom. The monoisotopic (exact) mass is 510 g/mol. The average Bonchev–Trinajstić information content (AvgIpc) is 3.13. The Balaban J connectivity index is 1.65. The molecule has 1 aromatic heterocycles. The van der Waals surface area contributed by atoms with Crippen molar-refractivity contribution >= 4 is 34.4 Å². The van der Waals surface area contributed by atoms with Crippen molar-refractivity contribution in [2.24, 2.45) is 0 Å². The van der Waals surface area contributed by atoms with Crippen LogP contribution >= 0.6 is 11.6 Å². The van der Waals surface area contributed by atoms with Gasteiger partial charge in [-0.25, -0.2) is 4.84 Å². The first-order valence-corrected chi connectivity index (χ1v) is 11.2. The summed E-state index contributed by atoms with van der Waals surface area (Å²) in [7, 11) is 1.54. The number of halogens is 1. The SMILES string of the molecule is COc1ccc2c(c1)c(CC(=O)Oc1cccc(CON(O)O)c1)c(C)n2C(=O)c1ccc(Cl)cc1. The van der Waals surface area contributed by atoms with Gasteiger partial charge < -0.3 is 9.47 Å². The van der Waals surface area contributed by atoms with E-state index in [1.165, 1.54) is 0 Å². The van der Waals surface area contributed by atoms with Crippen molar-refractivity contribution in [3.63, 3.8) is 0 Å². The van der Waals surface area contributed by atoms with Crippen LogP contribution in [0.5, 0.6) is 11.5 Å². The lowest BCUT2D eigenvalue weighted by atomic mass is 10.1. The number of benzene rings is 3. The first kappa shape index (κ1) is 25.4. The molecule has 0 amide bonds. The van der Waals surface area contributed by atoms with Crippen molar-refractivity contribution in [2.45, 2.75) is 20.0 Å². The molecule has 36 heavy (non-hydrogen) atoms. The molecule has 2 N–H and O–H groups in total. The van der Waals surface area contributed by atoms with E-state index < -0.39 is 11.4 Å². The fourth-order valence-electron chi connectivity index (χ4n) is 3.94. The summed E-state index contributed by atoms with van der Waals surface area (Å²) >= 11 is 5.98. The van der Waals surface area contributed by atoms with E-state index in [4.69, 9.17) is 31.5 Å². The highest BCUT2D eigenvalue weighted by Gasteiger charge is 2.23. The second-order valence-corrected chi connectivity index (χ2v) is 8.36. The second-order valence-electron chi connectivity index (χ2n) is 7.92. The second kappa shape index (κ2) is 10.9. The molecule has 0 saturated heterocycles.